The average Bonchev–Trinajstić information content (AvgIpc) is 2.65. The lowest BCUT2D eigenvalue weighted by Crippen LogP contribution is -2.16. The number of carbonyl (C=O) groups excluding carboxylic acids is 1. The number of amides is 1. The normalized spacial score (nSPS) is 15.3. The number of anilines is 1. The molecule has 15 heavy (non-hydrogen) atoms. The van der Waals surface area contributed by atoms with Gasteiger partial charge in [0.2, 0.25) is 0 Å². The van der Waals surface area contributed by atoms with Crippen molar-refractivity contribution >= 4 is 46.3 Å². The molecule has 0 aliphatic carbocycles. The number of ether oxygens (including phenoxy) is 1. The summed E-state index contributed by atoms with van der Waals surface area (Å²) in [6, 6.07) is 5.87. The predicted molar refractivity (Wildman–Crippen MR) is 68.8 cm³/mol. The third-order valence-electron chi connectivity index (χ3n) is 1.97. The Morgan fingerprint density at radius 2 is 2.40 bits per heavy atom. The summed E-state index contributed by atoms with van der Waals surface area (Å²) in [6.07, 6.45) is 0. The van der Waals surface area contributed by atoms with Crippen LogP contribution in [0.25, 0.3) is 0 Å². The lowest BCUT2D eigenvalue weighted by atomic mass is 10.3. The summed E-state index contributed by atoms with van der Waals surface area (Å²) in [4.78, 5) is 11.1. The van der Waals surface area contributed by atoms with Gasteiger partial charge in [0.15, 0.2) is 0 Å². The molecule has 0 bridgehead atoms. The molecule has 0 aromatic heterocycles. The summed E-state index contributed by atoms with van der Waals surface area (Å²) < 4.78 is 10.9. The minimum Gasteiger partial charge on any atom is -0.495 e. The maximum absolute atomic E-state index is 11.1. The second kappa shape index (κ2) is 4.48. The minimum atomic E-state index is 0.0147. The van der Waals surface area contributed by atoms with E-state index in [9.17, 15) is 4.79 Å². The van der Waals surface area contributed by atoms with E-state index in [1.807, 2.05) is 22.5 Å². The van der Waals surface area contributed by atoms with E-state index < -0.39 is 0 Å². The summed E-state index contributed by atoms with van der Waals surface area (Å²) in [5.74, 6) is 0.792. The molecule has 1 amide bonds. The van der Waals surface area contributed by atoms with E-state index in [-0.39, 0.29) is 5.91 Å². The highest BCUT2D eigenvalue weighted by atomic mass is 127. The molecule has 1 saturated heterocycles. The van der Waals surface area contributed by atoms with E-state index in [1.165, 1.54) is 12.1 Å². The molecule has 1 aromatic carbocycles. The highest BCUT2D eigenvalue weighted by molar-refractivity contribution is 14.1. The highest BCUT2D eigenvalue weighted by Gasteiger charge is 2.23. The number of rotatable bonds is 2. The molecular weight excluding hydrogens is 327 g/mol. The number of carbonyl (C=O) groups is 1. The van der Waals surface area contributed by atoms with Crippen LogP contribution in [0, 0.1) is 3.57 Å². The fourth-order valence-electron chi connectivity index (χ4n) is 1.29. The van der Waals surface area contributed by atoms with Gasteiger partial charge in [-0.15, -0.1) is 0 Å². The minimum absolute atomic E-state index is 0.0147. The Morgan fingerprint density at radius 3 is 3.00 bits per heavy atom. The lowest BCUT2D eigenvalue weighted by Gasteiger charge is -2.17. The van der Waals surface area contributed by atoms with Crippen molar-refractivity contribution in [3.05, 3.63) is 21.8 Å². The smallest absolute Gasteiger partial charge is 0.251 e. The van der Waals surface area contributed by atoms with Gasteiger partial charge in [-0.25, -0.2) is 0 Å². The quantitative estimate of drug-likeness (QED) is 0.661. The summed E-state index contributed by atoms with van der Waals surface area (Å²) in [7, 11) is 1.63. The predicted octanol–water partition coefficient (Wildman–Crippen LogP) is 1.80. The van der Waals surface area contributed by atoms with Gasteiger partial charge in [-0.1, -0.05) is 0 Å². The Labute approximate surface area is 106 Å². The third-order valence-corrected chi connectivity index (χ3v) is 3.50. The zero-order chi connectivity index (χ0) is 10.8. The fourth-order valence-corrected chi connectivity index (χ4v) is 2.47. The van der Waals surface area contributed by atoms with E-state index in [0.29, 0.717) is 6.54 Å². The Bertz CT molecular complexity index is 400. The van der Waals surface area contributed by atoms with E-state index in [2.05, 4.69) is 27.3 Å². The molecule has 1 aliphatic heterocycles. The topological polar surface area (TPSA) is 41.6 Å². The lowest BCUT2D eigenvalue weighted by molar-refractivity contribution is -0.117. The van der Waals surface area contributed by atoms with Crippen LogP contribution in [0.1, 0.15) is 0 Å². The number of nitrogens with one attached hydrogen (secondary N) is 1. The summed E-state index contributed by atoms with van der Waals surface area (Å²) in [5.41, 5.74) is 0.924. The Morgan fingerprint density at radius 1 is 1.60 bits per heavy atom. The number of nitrogens with zero attached hydrogens (tertiary/aromatic N) is 1. The Hall–Kier alpha value is -0.630. The van der Waals surface area contributed by atoms with E-state index in [0.717, 1.165) is 15.0 Å². The Kier molecular flexibility index (Phi) is 3.25. The van der Waals surface area contributed by atoms with Crippen LogP contribution in [0.5, 0.6) is 5.75 Å². The average molecular weight is 336 g/mol. The van der Waals surface area contributed by atoms with Gasteiger partial charge in [0.1, 0.15) is 12.3 Å². The fraction of sp³-hybridized carbons (Fsp3) is 0.222. The molecule has 0 spiro atoms. The van der Waals surface area contributed by atoms with Crippen molar-refractivity contribution in [1.82, 2.24) is 4.72 Å². The van der Waals surface area contributed by atoms with Crippen LogP contribution in [0.4, 0.5) is 5.69 Å². The van der Waals surface area contributed by atoms with Crippen molar-refractivity contribution in [2.45, 2.75) is 0 Å². The van der Waals surface area contributed by atoms with E-state index in [1.54, 1.807) is 7.11 Å². The van der Waals surface area contributed by atoms with Crippen LogP contribution in [0.15, 0.2) is 18.2 Å². The van der Waals surface area contributed by atoms with Crippen LogP contribution < -0.4 is 13.8 Å². The zero-order valence-electron chi connectivity index (χ0n) is 7.99. The zero-order valence-corrected chi connectivity index (χ0v) is 11.0. The Balaban J connectivity index is 2.33. The van der Waals surface area contributed by atoms with Gasteiger partial charge < -0.3 is 4.74 Å². The number of hydrogen-bond acceptors (Lipinski definition) is 4. The van der Waals surface area contributed by atoms with Gasteiger partial charge >= 0.3 is 0 Å². The third kappa shape index (κ3) is 2.31. The van der Waals surface area contributed by atoms with Crippen molar-refractivity contribution in [2.75, 3.05) is 18.0 Å². The second-order valence-corrected chi connectivity index (χ2v) is 5.04. The monoisotopic (exact) mass is 336 g/mol. The first-order valence-corrected chi connectivity index (χ1v) is 6.13. The van der Waals surface area contributed by atoms with Crippen molar-refractivity contribution in [2.24, 2.45) is 0 Å². The maximum atomic E-state index is 11.1. The number of benzene rings is 1. The molecule has 80 valence electrons. The standard InChI is InChI=1S/C9H9IN2O2S/c1-14-8-3-2-6(10)4-7(8)12-5-9(13)11-15-12/h2-4H,5H2,1H3,(H,11,13). The van der Waals surface area contributed by atoms with Crippen molar-refractivity contribution in [3.8, 4) is 5.75 Å². The van der Waals surface area contributed by atoms with Crippen LogP contribution >= 0.6 is 34.7 Å². The number of methoxy groups -OCH3 is 1. The summed E-state index contributed by atoms with van der Waals surface area (Å²) in [6.45, 7) is 0.362. The van der Waals surface area contributed by atoms with Gasteiger partial charge in [0.25, 0.3) is 5.91 Å². The number of hydrogen-bond donors (Lipinski definition) is 1. The van der Waals surface area contributed by atoms with Crippen LogP contribution in [-0.2, 0) is 4.79 Å². The molecule has 2 rings (SSSR count). The SMILES string of the molecule is COc1ccc(I)cc1N1CC(=O)NS1. The molecule has 1 N–H and O–H groups in total. The van der Waals surface area contributed by atoms with Crippen LogP contribution in [-0.4, -0.2) is 19.6 Å². The molecular formula is C9H9IN2O2S. The van der Waals surface area contributed by atoms with Crippen molar-refractivity contribution < 1.29 is 9.53 Å². The van der Waals surface area contributed by atoms with Crippen LogP contribution in [0.3, 0.4) is 0 Å². The van der Waals surface area contributed by atoms with Gasteiger partial charge in [-0.2, -0.15) is 0 Å². The van der Waals surface area contributed by atoms with Gasteiger partial charge in [0.05, 0.1) is 24.9 Å². The molecule has 6 heteroatoms. The molecule has 1 heterocycles. The molecule has 0 unspecified atom stereocenters. The largest absolute Gasteiger partial charge is 0.495 e. The van der Waals surface area contributed by atoms with Gasteiger partial charge in [0, 0.05) is 3.57 Å². The summed E-state index contributed by atoms with van der Waals surface area (Å²) in [5, 5.41) is 0. The first-order chi connectivity index (χ1) is 7.20. The molecule has 4 nitrogen and oxygen atoms in total. The highest BCUT2D eigenvalue weighted by Crippen LogP contribution is 2.34. The van der Waals surface area contributed by atoms with Crippen molar-refractivity contribution in [1.29, 1.82) is 0 Å². The molecule has 1 fully saturated rings. The molecule has 0 atom stereocenters. The number of halogens is 1. The molecule has 0 saturated carbocycles. The van der Waals surface area contributed by atoms with Gasteiger partial charge in [-0.3, -0.25) is 13.8 Å². The maximum Gasteiger partial charge on any atom is 0.251 e. The van der Waals surface area contributed by atoms with E-state index >= 15 is 0 Å². The summed E-state index contributed by atoms with van der Waals surface area (Å²) >= 11 is 3.53. The van der Waals surface area contributed by atoms with Gasteiger partial charge in [-0.05, 0) is 40.8 Å². The first kappa shape index (κ1) is 10.9. The molecule has 1 aromatic rings. The van der Waals surface area contributed by atoms with E-state index in [4.69, 9.17) is 4.74 Å². The molecule has 0 radical (unpaired) electrons. The van der Waals surface area contributed by atoms with Crippen molar-refractivity contribution in [3.63, 3.8) is 0 Å². The second-order valence-electron chi connectivity index (χ2n) is 2.97. The molecule has 1 aliphatic rings. The van der Waals surface area contributed by atoms with Crippen LogP contribution in [0.2, 0.25) is 0 Å². The first-order valence-electron chi connectivity index (χ1n) is 4.27.